The van der Waals surface area contributed by atoms with Gasteiger partial charge in [0.15, 0.2) is 0 Å². The van der Waals surface area contributed by atoms with Gasteiger partial charge in [-0.2, -0.15) is 12.6 Å². The van der Waals surface area contributed by atoms with E-state index in [1.807, 2.05) is 0 Å². The standard InChI is InChI=1S/C14H27N5O5S/c1-8(14(23)24)17-12(21)9(4-2-3-5-15)19-13(22)10(7-25)18-11(20)6-16/h8-10,25H,2-7,15-16H2,1H3,(H,17,21)(H,18,20)(H,19,22)(H,23,24). The summed E-state index contributed by atoms with van der Waals surface area (Å²) < 4.78 is 0. The van der Waals surface area contributed by atoms with Crippen LogP contribution in [0, 0.1) is 0 Å². The van der Waals surface area contributed by atoms with Gasteiger partial charge in [-0.1, -0.05) is 0 Å². The normalized spacial score (nSPS) is 14.1. The molecule has 0 rings (SSSR count). The molecule has 0 aliphatic carbocycles. The van der Waals surface area contributed by atoms with Crippen LogP contribution in [-0.4, -0.2) is 65.8 Å². The number of hydrogen-bond donors (Lipinski definition) is 7. The molecule has 0 spiro atoms. The topological polar surface area (TPSA) is 177 Å². The molecule has 3 unspecified atom stereocenters. The highest BCUT2D eigenvalue weighted by atomic mass is 32.1. The maximum atomic E-state index is 12.3. The van der Waals surface area contributed by atoms with Crippen LogP contribution >= 0.6 is 12.6 Å². The molecule has 3 amide bonds. The van der Waals surface area contributed by atoms with E-state index in [0.717, 1.165) is 0 Å². The zero-order valence-electron chi connectivity index (χ0n) is 14.2. The highest BCUT2D eigenvalue weighted by Gasteiger charge is 2.27. The van der Waals surface area contributed by atoms with Crippen LogP contribution < -0.4 is 27.4 Å². The van der Waals surface area contributed by atoms with E-state index in [1.54, 1.807) is 0 Å². The summed E-state index contributed by atoms with van der Waals surface area (Å²) in [6, 6.07) is -3.00. The van der Waals surface area contributed by atoms with Crippen LogP contribution in [0.5, 0.6) is 0 Å². The van der Waals surface area contributed by atoms with E-state index >= 15 is 0 Å². The second-order valence-electron chi connectivity index (χ2n) is 5.42. The largest absolute Gasteiger partial charge is 0.480 e. The fourth-order valence-electron chi connectivity index (χ4n) is 1.86. The van der Waals surface area contributed by atoms with Crippen molar-refractivity contribution in [2.45, 2.75) is 44.3 Å². The first kappa shape index (κ1) is 23.1. The number of carbonyl (C=O) groups is 4. The van der Waals surface area contributed by atoms with Crippen molar-refractivity contribution in [3.63, 3.8) is 0 Å². The molecule has 144 valence electrons. The van der Waals surface area contributed by atoms with Crippen LogP contribution in [0.15, 0.2) is 0 Å². The summed E-state index contributed by atoms with van der Waals surface area (Å²) in [6.45, 7) is 1.46. The van der Waals surface area contributed by atoms with Crippen molar-refractivity contribution in [3.05, 3.63) is 0 Å². The third-order valence-electron chi connectivity index (χ3n) is 3.33. The number of carboxylic acids is 1. The van der Waals surface area contributed by atoms with Gasteiger partial charge in [-0.15, -0.1) is 0 Å². The lowest BCUT2D eigenvalue weighted by Gasteiger charge is -2.23. The summed E-state index contributed by atoms with van der Waals surface area (Å²) in [6.07, 6.45) is 1.50. The molecular formula is C14H27N5O5S. The van der Waals surface area contributed by atoms with Crippen molar-refractivity contribution in [1.29, 1.82) is 0 Å². The number of thiol groups is 1. The van der Waals surface area contributed by atoms with E-state index in [1.165, 1.54) is 6.92 Å². The third-order valence-corrected chi connectivity index (χ3v) is 3.69. The van der Waals surface area contributed by atoms with Crippen molar-refractivity contribution in [2.75, 3.05) is 18.8 Å². The van der Waals surface area contributed by atoms with Gasteiger partial charge >= 0.3 is 5.97 Å². The Bertz CT molecular complexity index is 477. The van der Waals surface area contributed by atoms with Gasteiger partial charge in [0.25, 0.3) is 0 Å². The molecule has 0 aromatic heterocycles. The fourth-order valence-corrected chi connectivity index (χ4v) is 2.11. The number of nitrogens with two attached hydrogens (primary N) is 2. The van der Waals surface area contributed by atoms with Gasteiger partial charge < -0.3 is 32.5 Å². The summed E-state index contributed by atoms with van der Waals surface area (Å²) in [4.78, 5) is 46.7. The number of carbonyl (C=O) groups excluding carboxylic acids is 3. The lowest BCUT2D eigenvalue weighted by Crippen LogP contribution is -2.56. The molecule has 0 aromatic carbocycles. The first-order chi connectivity index (χ1) is 11.8. The van der Waals surface area contributed by atoms with Crippen molar-refractivity contribution < 1.29 is 24.3 Å². The maximum absolute atomic E-state index is 12.3. The summed E-state index contributed by atoms with van der Waals surface area (Å²) in [5, 5.41) is 16.1. The molecule has 0 fully saturated rings. The molecule has 0 saturated heterocycles. The monoisotopic (exact) mass is 377 g/mol. The van der Waals surface area contributed by atoms with Crippen LogP contribution in [0.25, 0.3) is 0 Å². The van der Waals surface area contributed by atoms with E-state index in [2.05, 4.69) is 28.6 Å². The highest BCUT2D eigenvalue weighted by Crippen LogP contribution is 2.03. The van der Waals surface area contributed by atoms with Gasteiger partial charge in [-0.05, 0) is 32.7 Å². The Labute approximate surface area is 151 Å². The van der Waals surface area contributed by atoms with Gasteiger partial charge in [-0.3, -0.25) is 19.2 Å². The Morgan fingerprint density at radius 3 is 2.08 bits per heavy atom. The molecule has 11 heteroatoms. The van der Waals surface area contributed by atoms with E-state index in [-0.39, 0.29) is 18.7 Å². The molecule has 0 saturated carbocycles. The summed E-state index contributed by atoms with van der Waals surface area (Å²) in [7, 11) is 0. The molecule has 10 nitrogen and oxygen atoms in total. The number of unbranched alkanes of at least 4 members (excludes halogenated alkanes) is 1. The molecule has 0 aliphatic heterocycles. The Balaban J connectivity index is 4.94. The Morgan fingerprint density at radius 2 is 1.60 bits per heavy atom. The number of amides is 3. The molecule has 0 bridgehead atoms. The second-order valence-corrected chi connectivity index (χ2v) is 5.79. The van der Waals surface area contributed by atoms with E-state index in [9.17, 15) is 19.2 Å². The predicted molar refractivity (Wildman–Crippen MR) is 94.9 cm³/mol. The first-order valence-corrected chi connectivity index (χ1v) is 8.53. The van der Waals surface area contributed by atoms with Crippen molar-refractivity contribution in [3.8, 4) is 0 Å². The SMILES string of the molecule is CC(NC(=O)C(CCCCN)NC(=O)C(CS)NC(=O)CN)C(=O)O. The van der Waals surface area contributed by atoms with E-state index < -0.39 is 41.8 Å². The van der Waals surface area contributed by atoms with Gasteiger partial charge in [-0.25, -0.2) is 0 Å². The number of rotatable bonds is 12. The quantitative estimate of drug-likeness (QED) is 0.146. The maximum Gasteiger partial charge on any atom is 0.325 e. The Kier molecular flexibility index (Phi) is 11.6. The van der Waals surface area contributed by atoms with Crippen molar-refractivity contribution in [2.24, 2.45) is 11.5 Å². The fraction of sp³-hybridized carbons (Fsp3) is 0.714. The summed E-state index contributed by atoms with van der Waals surface area (Å²) >= 11 is 4.00. The number of carboxylic acid groups (broad SMARTS) is 1. The Hall–Kier alpha value is -1.85. The minimum absolute atomic E-state index is 0.0141. The first-order valence-electron chi connectivity index (χ1n) is 7.90. The number of aliphatic carboxylic acids is 1. The van der Waals surface area contributed by atoms with Gasteiger partial charge in [0.1, 0.15) is 18.1 Å². The van der Waals surface area contributed by atoms with Crippen molar-refractivity contribution >= 4 is 36.3 Å². The van der Waals surface area contributed by atoms with Crippen LogP contribution in [0.3, 0.4) is 0 Å². The summed E-state index contributed by atoms with van der Waals surface area (Å²) in [5.41, 5.74) is 10.6. The predicted octanol–water partition coefficient (Wildman–Crippen LogP) is -2.44. The zero-order valence-corrected chi connectivity index (χ0v) is 15.1. The molecule has 25 heavy (non-hydrogen) atoms. The van der Waals surface area contributed by atoms with Crippen LogP contribution in [-0.2, 0) is 19.2 Å². The molecule has 0 radical (unpaired) electrons. The van der Waals surface area contributed by atoms with E-state index in [0.29, 0.717) is 19.4 Å². The summed E-state index contributed by atoms with van der Waals surface area (Å²) in [5.74, 6) is -2.93. The highest BCUT2D eigenvalue weighted by molar-refractivity contribution is 7.80. The molecule has 8 N–H and O–H groups in total. The second kappa shape index (κ2) is 12.5. The van der Waals surface area contributed by atoms with Gasteiger partial charge in [0.2, 0.25) is 17.7 Å². The molecule has 0 aromatic rings. The minimum Gasteiger partial charge on any atom is -0.480 e. The molecule has 0 heterocycles. The Morgan fingerprint density at radius 1 is 1.00 bits per heavy atom. The average molecular weight is 377 g/mol. The lowest BCUT2D eigenvalue weighted by atomic mass is 10.1. The molecule has 0 aliphatic rings. The van der Waals surface area contributed by atoms with Crippen LogP contribution in [0.1, 0.15) is 26.2 Å². The molecule has 3 atom stereocenters. The third kappa shape index (κ3) is 9.27. The van der Waals surface area contributed by atoms with Gasteiger partial charge in [0, 0.05) is 5.75 Å². The van der Waals surface area contributed by atoms with Gasteiger partial charge in [0.05, 0.1) is 6.54 Å². The number of hydrogen-bond acceptors (Lipinski definition) is 7. The van der Waals surface area contributed by atoms with E-state index in [4.69, 9.17) is 16.6 Å². The average Bonchev–Trinajstić information content (AvgIpc) is 2.57. The lowest BCUT2D eigenvalue weighted by molar-refractivity contribution is -0.141. The minimum atomic E-state index is -1.19. The zero-order chi connectivity index (χ0) is 19.4. The van der Waals surface area contributed by atoms with Crippen molar-refractivity contribution in [1.82, 2.24) is 16.0 Å². The van der Waals surface area contributed by atoms with Crippen LogP contribution in [0.4, 0.5) is 0 Å². The smallest absolute Gasteiger partial charge is 0.325 e. The van der Waals surface area contributed by atoms with Crippen LogP contribution in [0.2, 0.25) is 0 Å². The molecular weight excluding hydrogens is 350 g/mol. The number of nitrogens with one attached hydrogen (secondary N) is 3.